The lowest BCUT2D eigenvalue weighted by molar-refractivity contribution is -0.137. The average Bonchev–Trinajstić information content (AvgIpc) is 3.90. The van der Waals surface area contributed by atoms with Gasteiger partial charge in [-0.2, -0.15) is 4.68 Å². The number of anilines is 3. The van der Waals surface area contributed by atoms with Gasteiger partial charge in [0.05, 0.1) is 11.4 Å². The number of urea groups is 1. The van der Waals surface area contributed by atoms with E-state index in [4.69, 9.17) is 11.6 Å². The van der Waals surface area contributed by atoms with Crippen LogP contribution in [0.15, 0.2) is 73.1 Å². The zero-order valence-corrected chi connectivity index (χ0v) is 28.7. The SMILES string of the molecule is CN(C)[C@@H]1CCN(C(=O)Nc2ccc(C[C@H](NC(=O)C(=O)Nc3cc(Cl)ccc3-n3cnnn3)C(=O)Nc3ccc4[nH]c(C(=O)O)cc4c3)cc2)C1. The van der Waals surface area contributed by atoms with Crippen molar-refractivity contribution in [2.45, 2.75) is 24.9 Å². The van der Waals surface area contributed by atoms with Gasteiger partial charge in [0.25, 0.3) is 0 Å². The number of carboxylic acid groups (broad SMARTS) is 1. The lowest BCUT2D eigenvalue weighted by Crippen LogP contribution is -2.49. The summed E-state index contributed by atoms with van der Waals surface area (Å²) in [7, 11) is 3.97. The Morgan fingerprint density at radius 2 is 1.73 bits per heavy atom. The highest BCUT2D eigenvalue weighted by atomic mass is 35.5. The molecule has 6 rings (SSSR count). The first-order chi connectivity index (χ1) is 24.9. The zero-order chi connectivity index (χ0) is 36.9. The fourth-order valence-electron chi connectivity index (χ4n) is 5.76. The highest BCUT2D eigenvalue weighted by molar-refractivity contribution is 6.40. The van der Waals surface area contributed by atoms with E-state index < -0.39 is 29.7 Å². The third kappa shape index (κ3) is 8.34. The first-order valence-electron chi connectivity index (χ1n) is 16.1. The molecule has 0 aliphatic carbocycles. The van der Waals surface area contributed by atoms with E-state index in [1.165, 1.54) is 23.1 Å². The third-order valence-electron chi connectivity index (χ3n) is 8.58. The van der Waals surface area contributed by atoms with Crippen LogP contribution in [0.3, 0.4) is 0 Å². The molecule has 268 valence electrons. The number of hydrogen-bond acceptors (Lipinski definition) is 9. The minimum absolute atomic E-state index is 0.0182. The zero-order valence-electron chi connectivity index (χ0n) is 28.0. The number of H-pyrrole nitrogens is 1. The fourth-order valence-corrected chi connectivity index (χ4v) is 5.93. The standard InChI is InChI=1S/C34H34ClN11O6/c1-44(2)24-11-12-45(17-24)34(52)38-22-6-3-19(4-7-22)13-27(30(47)37-23-8-9-25-20(14-23)15-28(39-25)33(50)51)41-32(49)31(48)40-26-16-21(35)5-10-29(26)46-18-36-42-43-46/h3-10,14-16,18,24,27,39H,11-13,17H2,1-2H3,(H,37,47)(H,38,52)(H,40,48)(H,41,49)(H,50,51)/t24-,27+/m1/s1. The van der Waals surface area contributed by atoms with Gasteiger partial charge in [0, 0.05) is 52.9 Å². The van der Waals surface area contributed by atoms with E-state index in [1.807, 2.05) is 14.1 Å². The van der Waals surface area contributed by atoms with Crippen LogP contribution in [-0.4, -0.2) is 109 Å². The Morgan fingerprint density at radius 3 is 2.42 bits per heavy atom. The summed E-state index contributed by atoms with van der Waals surface area (Å²) in [5, 5.41) is 31.8. The van der Waals surface area contributed by atoms with E-state index in [0.717, 1.165) is 6.42 Å². The number of carbonyl (C=O) groups is 5. The van der Waals surface area contributed by atoms with Gasteiger partial charge in [0.15, 0.2) is 0 Å². The van der Waals surface area contributed by atoms with Crippen LogP contribution in [0.2, 0.25) is 5.02 Å². The maximum Gasteiger partial charge on any atom is 0.352 e. The van der Waals surface area contributed by atoms with Crippen molar-refractivity contribution < 1.29 is 29.1 Å². The summed E-state index contributed by atoms with van der Waals surface area (Å²) < 4.78 is 1.28. The Morgan fingerprint density at radius 1 is 0.962 bits per heavy atom. The highest BCUT2D eigenvalue weighted by Crippen LogP contribution is 2.24. The monoisotopic (exact) mass is 727 g/mol. The Bertz CT molecular complexity index is 2140. The highest BCUT2D eigenvalue weighted by Gasteiger charge is 2.28. The number of carboxylic acids is 1. The maximum absolute atomic E-state index is 13.7. The first-order valence-corrected chi connectivity index (χ1v) is 16.4. The number of aromatic carboxylic acids is 1. The van der Waals surface area contributed by atoms with Gasteiger partial charge in [-0.1, -0.05) is 23.7 Å². The first kappa shape index (κ1) is 35.5. The molecule has 17 nitrogen and oxygen atoms in total. The summed E-state index contributed by atoms with van der Waals surface area (Å²) in [6.07, 6.45) is 2.16. The molecule has 0 bridgehead atoms. The van der Waals surface area contributed by atoms with E-state index in [1.54, 1.807) is 59.5 Å². The molecule has 5 amide bonds. The molecule has 0 spiro atoms. The van der Waals surface area contributed by atoms with Gasteiger partial charge >= 0.3 is 23.8 Å². The van der Waals surface area contributed by atoms with Crippen molar-refractivity contribution >= 4 is 69.3 Å². The topological polar surface area (TPSA) is 220 Å². The lowest BCUT2D eigenvalue weighted by Gasteiger charge is -2.21. The summed E-state index contributed by atoms with van der Waals surface area (Å²) in [6.45, 7) is 1.26. The van der Waals surface area contributed by atoms with Crippen molar-refractivity contribution in [1.29, 1.82) is 0 Å². The summed E-state index contributed by atoms with van der Waals surface area (Å²) >= 11 is 6.15. The van der Waals surface area contributed by atoms with Gasteiger partial charge in [-0.3, -0.25) is 14.4 Å². The number of nitrogens with zero attached hydrogens (tertiary/aromatic N) is 6. The molecule has 5 aromatic rings. The van der Waals surface area contributed by atoms with Gasteiger partial charge in [-0.15, -0.1) is 5.10 Å². The molecule has 3 heterocycles. The van der Waals surface area contributed by atoms with Gasteiger partial charge in [0.1, 0.15) is 18.1 Å². The number of likely N-dealkylation sites (tertiary alicyclic amines) is 1. The number of hydrogen-bond donors (Lipinski definition) is 6. The summed E-state index contributed by atoms with van der Waals surface area (Å²) in [5.41, 5.74) is 2.51. The van der Waals surface area contributed by atoms with Crippen molar-refractivity contribution in [2.24, 2.45) is 0 Å². The number of fused-ring (bicyclic) bond motifs is 1. The molecule has 2 aromatic heterocycles. The van der Waals surface area contributed by atoms with Crippen LogP contribution in [0.25, 0.3) is 16.6 Å². The Balaban J connectivity index is 1.18. The molecule has 3 aromatic carbocycles. The second-order valence-corrected chi connectivity index (χ2v) is 12.8. The predicted octanol–water partition coefficient (Wildman–Crippen LogP) is 2.97. The van der Waals surface area contributed by atoms with Crippen LogP contribution in [0.5, 0.6) is 0 Å². The molecule has 6 N–H and O–H groups in total. The van der Waals surface area contributed by atoms with Crippen molar-refractivity contribution in [1.82, 2.24) is 40.3 Å². The molecule has 1 saturated heterocycles. The fraction of sp³-hybridized carbons (Fsp3) is 0.235. The number of aromatic nitrogens is 5. The Labute approximate surface area is 301 Å². The number of tetrazole rings is 1. The summed E-state index contributed by atoms with van der Waals surface area (Å²) in [6, 6.07) is 16.4. The summed E-state index contributed by atoms with van der Waals surface area (Å²) in [5.74, 6) is -3.97. The number of nitrogens with one attached hydrogen (secondary N) is 5. The van der Waals surface area contributed by atoms with Crippen LogP contribution in [0, 0.1) is 0 Å². The minimum Gasteiger partial charge on any atom is -0.477 e. The van der Waals surface area contributed by atoms with Crippen LogP contribution in [0.4, 0.5) is 21.9 Å². The van der Waals surface area contributed by atoms with Gasteiger partial charge in [-0.25, -0.2) is 9.59 Å². The maximum atomic E-state index is 13.7. The van der Waals surface area contributed by atoms with Crippen LogP contribution in [-0.2, 0) is 20.8 Å². The molecule has 1 aliphatic rings. The second kappa shape index (κ2) is 15.3. The van der Waals surface area contributed by atoms with Gasteiger partial charge < -0.3 is 41.2 Å². The molecule has 0 saturated carbocycles. The van der Waals surface area contributed by atoms with Gasteiger partial charge in [0.2, 0.25) is 5.91 Å². The quantitative estimate of drug-likeness (QED) is 0.116. The van der Waals surface area contributed by atoms with Crippen molar-refractivity contribution in [2.75, 3.05) is 43.1 Å². The number of benzene rings is 3. The van der Waals surface area contributed by atoms with E-state index in [2.05, 4.69) is 46.7 Å². The number of amides is 5. The second-order valence-electron chi connectivity index (χ2n) is 12.4. The molecule has 2 atom stereocenters. The summed E-state index contributed by atoms with van der Waals surface area (Å²) in [4.78, 5) is 71.1. The third-order valence-corrected chi connectivity index (χ3v) is 8.81. The van der Waals surface area contributed by atoms with E-state index in [0.29, 0.717) is 52.7 Å². The molecule has 0 radical (unpaired) electrons. The minimum atomic E-state index is -1.25. The van der Waals surface area contributed by atoms with Crippen LogP contribution in [0.1, 0.15) is 22.5 Å². The molecule has 1 aliphatic heterocycles. The largest absolute Gasteiger partial charge is 0.477 e. The number of likely N-dealkylation sites (N-methyl/N-ethyl adjacent to an activating group) is 1. The van der Waals surface area contributed by atoms with E-state index in [-0.39, 0.29) is 28.9 Å². The molecular formula is C34H34ClN11O6. The molecule has 0 unspecified atom stereocenters. The Hall–Kier alpha value is -6.33. The predicted molar refractivity (Wildman–Crippen MR) is 191 cm³/mol. The smallest absolute Gasteiger partial charge is 0.352 e. The van der Waals surface area contributed by atoms with E-state index >= 15 is 0 Å². The number of rotatable bonds is 10. The van der Waals surface area contributed by atoms with Crippen molar-refractivity contribution in [3.05, 3.63) is 89.3 Å². The van der Waals surface area contributed by atoms with Crippen molar-refractivity contribution in [3.63, 3.8) is 0 Å². The molecular weight excluding hydrogens is 694 g/mol. The number of halogens is 1. The van der Waals surface area contributed by atoms with Crippen molar-refractivity contribution in [3.8, 4) is 5.69 Å². The normalized spacial score (nSPS) is 14.6. The number of aromatic amines is 1. The average molecular weight is 728 g/mol. The van der Waals surface area contributed by atoms with Gasteiger partial charge in [-0.05, 0) is 91.1 Å². The molecule has 52 heavy (non-hydrogen) atoms. The Kier molecular flexibility index (Phi) is 10.4. The van der Waals surface area contributed by atoms with E-state index in [9.17, 15) is 29.1 Å². The lowest BCUT2D eigenvalue weighted by atomic mass is 10.0. The number of carbonyl (C=O) groups excluding carboxylic acids is 4. The molecule has 18 heteroatoms. The molecule has 1 fully saturated rings. The van der Waals surface area contributed by atoms with Crippen LogP contribution < -0.4 is 21.3 Å². The van der Waals surface area contributed by atoms with Crippen LogP contribution >= 0.6 is 11.6 Å².